The highest BCUT2D eigenvalue weighted by atomic mass is 16.4. The van der Waals surface area contributed by atoms with Crippen LogP contribution < -0.4 is 5.32 Å². The molecule has 1 fully saturated rings. The van der Waals surface area contributed by atoms with E-state index in [9.17, 15) is 14.4 Å². The lowest BCUT2D eigenvalue weighted by molar-refractivity contribution is -0.144. The SMILES string of the molecule is CC(C)C(=O)N1CCC(C(=O)N[C@H](C(=O)O)C(C)C)CC1. The fraction of sp³-hybridized carbons (Fsp3) is 0.800. The first-order valence-electron chi connectivity index (χ1n) is 7.56. The van der Waals surface area contributed by atoms with Crippen LogP contribution in [-0.2, 0) is 14.4 Å². The van der Waals surface area contributed by atoms with Crippen molar-refractivity contribution in [1.29, 1.82) is 0 Å². The van der Waals surface area contributed by atoms with E-state index in [4.69, 9.17) is 5.11 Å². The number of nitrogens with one attached hydrogen (secondary N) is 1. The van der Waals surface area contributed by atoms with Crippen molar-refractivity contribution < 1.29 is 19.5 Å². The molecule has 0 aromatic carbocycles. The Bertz CT molecular complexity index is 398. The zero-order valence-corrected chi connectivity index (χ0v) is 13.3. The highest BCUT2D eigenvalue weighted by molar-refractivity contribution is 5.85. The number of aliphatic carboxylic acids is 1. The van der Waals surface area contributed by atoms with Crippen LogP contribution >= 0.6 is 0 Å². The normalized spacial score (nSPS) is 17.9. The zero-order chi connectivity index (χ0) is 16.2. The fourth-order valence-electron chi connectivity index (χ4n) is 2.51. The minimum atomic E-state index is -1.01. The number of carboxylic acid groups (broad SMARTS) is 1. The fourth-order valence-corrected chi connectivity index (χ4v) is 2.51. The average Bonchev–Trinajstić information content (AvgIpc) is 2.42. The number of hydrogen-bond acceptors (Lipinski definition) is 3. The number of likely N-dealkylation sites (tertiary alicyclic amines) is 1. The van der Waals surface area contributed by atoms with Crippen LogP contribution in [0.4, 0.5) is 0 Å². The third-order valence-corrected chi connectivity index (χ3v) is 3.90. The van der Waals surface area contributed by atoms with Crippen molar-refractivity contribution in [3.8, 4) is 0 Å². The van der Waals surface area contributed by atoms with E-state index in [1.165, 1.54) is 0 Å². The van der Waals surface area contributed by atoms with Crippen molar-refractivity contribution in [3.05, 3.63) is 0 Å². The van der Waals surface area contributed by atoms with Crippen LogP contribution in [0.15, 0.2) is 0 Å². The van der Waals surface area contributed by atoms with E-state index in [-0.39, 0.29) is 29.6 Å². The van der Waals surface area contributed by atoms with Gasteiger partial charge in [0.05, 0.1) is 0 Å². The van der Waals surface area contributed by atoms with Crippen molar-refractivity contribution in [3.63, 3.8) is 0 Å². The quantitative estimate of drug-likeness (QED) is 0.796. The lowest BCUT2D eigenvalue weighted by Crippen LogP contribution is -2.49. The van der Waals surface area contributed by atoms with Crippen molar-refractivity contribution in [2.24, 2.45) is 17.8 Å². The number of carboxylic acids is 1. The van der Waals surface area contributed by atoms with Gasteiger partial charge in [0.2, 0.25) is 11.8 Å². The molecule has 0 spiro atoms. The molecule has 6 heteroatoms. The van der Waals surface area contributed by atoms with Crippen molar-refractivity contribution >= 4 is 17.8 Å². The van der Waals surface area contributed by atoms with Crippen LogP contribution in [0.25, 0.3) is 0 Å². The zero-order valence-electron chi connectivity index (χ0n) is 13.3. The largest absolute Gasteiger partial charge is 0.480 e. The molecule has 0 radical (unpaired) electrons. The number of hydrogen-bond donors (Lipinski definition) is 2. The molecule has 0 aromatic rings. The summed E-state index contributed by atoms with van der Waals surface area (Å²) in [5.74, 6) is -1.51. The summed E-state index contributed by atoms with van der Waals surface area (Å²) in [5.41, 5.74) is 0. The molecule has 1 aliphatic heterocycles. The monoisotopic (exact) mass is 298 g/mol. The van der Waals surface area contributed by atoms with Crippen LogP contribution in [-0.4, -0.2) is 46.9 Å². The standard InChI is InChI=1S/C15H26N2O4/c1-9(2)12(15(20)21)16-13(18)11-5-7-17(8-6-11)14(19)10(3)4/h9-12H,5-8H2,1-4H3,(H,16,18)(H,20,21)/t12-/m0/s1. The van der Waals surface area contributed by atoms with E-state index < -0.39 is 12.0 Å². The molecule has 1 saturated heterocycles. The van der Waals surface area contributed by atoms with Gasteiger partial charge in [-0.1, -0.05) is 27.7 Å². The maximum Gasteiger partial charge on any atom is 0.326 e. The van der Waals surface area contributed by atoms with Gasteiger partial charge in [-0.3, -0.25) is 9.59 Å². The van der Waals surface area contributed by atoms with Crippen LogP contribution in [0.3, 0.4) is 0 Å². The molecule has 120 valence electrons. The predicted molar refractivity (Wildman–Crippen MR) is 78.5 cm³/mol. The van der Waals surface area contributed by atoms with E-state index >= 15 is 0 Å². The Morgan fingerprint density at radius 3 is 2.00 bits per heavy atom. The van der Waals surface area contributed by atoms with Crippen LogP contribution in [0.5, 0.6) is 0 Å². The average molecular weight is 298 g/mol. The summed E-state index contributed by atoms with van der Waals surface area (Å²) in [4.78, 5) is 36.9. The molecule has 0 saturated carbocycles. The van der Waals surface area contributed by atoms with Gasteiger partial charge in [0, 0.05) is 24.9 Å². The minimum Gasteiger partial charge on any atom is -0.480 e. The Kier molecular flexibility index (Phi) is 6.18. The second-order valence-corrected chi connectivity index (χ2v) is 6.32. The molecule has 1 heterocycles. The van der Waals surface area contributed by atoms with Crippen molar-refractivity contribution in [1.82, 2.24) is 10.2 Å². The molecule has 0 unspecified atom stereocenters. The molecule has 1 rings (SSSR count). The molecule has 0 aromatic heterocycles. The van der Waals surface area contributed by atoms with Gasteiger partial charge in [-0.15, -0.1) is 0 Å². The second-order valence-electron chi connectivity index (χ2n) is 6.32. The summed E-state index contributed by atoms with van der Waals surface area (Å²) in [6.45, 7) is 8.39. The van der Waals surface area contributed by atoms with Crippen molar-refractivity contribution in [2.45, 2.75) is 46.6 Å². The highest BCUT2D eigenvalue weighted by Gasteiger charge is 2.31. The molecule has 21 heavy (non-hydrogen) atoms. The highest BCUT2D eigenvalue weighted by Crippen LogP contribution is 2.19. The van der Waals surface area contributed by atoms with Gasteiger partial charge in [0.1, 0.15) is 6.04 Å². The number of rotatable bonds is 5. The van der Waals surface area contributed by atoms with Gasteiger partial charge in [0.15, 0.2) is 0 Å². The summed E-state index contributed by atoms with van der Waals surface area (Å²) in [5, 5.41) is 11.7. The summed E-state index contributed by atoms with van der Waals surface area (Å²) >= 11 is 0. The topological polar surface area (TPSA) is 86.7 Å². The number of carbonyl (C=O) groups is 3. The summed E-state index contributed by atoms with van der Waals surface area (Å²) in [6, 6.07) is -0.854. The molecular formula is C15H26N2O4. The van der Waals surface area contributed by atoms with Gasteiger partial charge < -0.3 is 15.3 Å². The second kappa shape index (κ2) is 7.43. The summed E-state index contributed by atoms with van der Waals surface area (Å²) < 4.78 is 0. The van der Waals surface area contributed by atoms with E-state index in [0.29, 0.717) is 25.9 Å². The Labute approximate surface area is 125 Å². The maximum absolute atomic E-state index is 12.1. The number of nitrogens with zero attached hydrogens (tertiary/aromatic N) is 1. The lowest BCUT2D eigenvalue weighted by atomic mass is 9.94. The first-order valence-corrected chi connectivity index (χ1v) is 7.56. The molecule has 2 amide bonds. The van der Waals surface area contributed by atoms with Gasteiger partial charge in [-0.05, 0) is 18.8 Å². The first-order chi connectivity index (χ1) is 9.73. The molecule has 1 atom stereocenters. The molecule has 6 nitrogen and oxygen atoms in total. The van der Waals surface area contributed by atoms with Crippen LogP contribution in [0, 0.1) is 17.8 Å². The van der Waals surface area contributed by atoms with E-state index in [1.54, 1.807) is 18.7 Å². The summed E-state index contributed by atoms with van der Waals surface area (Å²) in [6.07, 6.45) is 1.18. The molecule has 0 aliphatic carbocycles. The Hall–Kier alpha value is -1.59. The molecule has 2 N–H and O–H groups in total. The Balaban J connectivity index is 2.52. The van der Waals surface area contributed by atoms with E-state index in [0.717, 1.165) is 0 Å². The predicted octanol–water partition coefficient (Wildman–Crippen LogP) is 1.11. The number of piperidine rings is 1. The van der Waals surface area contributed by atoms with Gasteiger partial charge in [-0.2, -0.15) is 0 Å². The number of amides is 2. The Morgan fingerprint density at radius 2 is 1.62 bits per heavy atom. The molecular weight excluding hydrogens is 272 g/mol. The first kappa shape index (κ1) is 17.5. The van der Waals surface area contributed by atoms with Crippen LogP contribution in [0.1, 0.15) is 40.5 Å². The Morgan fingerprint density at radius 1 is 1.10 bits per heavy atom. The van der Waals surface area contributed by atoms with E-state index in [2.05, 4.69) is 5.32 Å². The van der Waals surface area contributed by atoms with Gasteiger partial charge in [0.25, 0.3) is 0 Å². The van der Waals surface area contributed by atoms with Crippen LogP contribution in [0.2, 0.25) is 0 Å². The number of carbonyl (C=O) groups excluding carboxylic acids is 2. The lowest BCUT2D eigenvalue weighted by Gasteiger charge is -2.33. The summed E-state index contributed by atoms with van der Waals surface area (Å²) in [7, 11) is 0. The third-order valence-electron chi connectivity index (χ3n) is 3.90. The molecule has 1 aliphatic rings. The van der Waals surface area contributed by atoms with E-state index in [1.807, 2.05) is 13.8 Å². The maximum atomic E-state index is 12.1. The third kappa shape index (κ3) is 4.72. The van der Waals surface area contributed by atoms with Crippen molar-refractivity contribution in [2.75, 3.05) is 13.1 Å². The van der Waals surface area contributed by atoms with Gasteiger partial charge >= 0.3 is 5.97 Å². The van der Waals surface area contributed by atoms with Gasteiger partial charge in [-0.25, -0.2) is 4.79 Å². The minimum absolute atomic E-state index is 0.0345. The molecule has 0 bridgehead atoms. The smallest absolute Gasteiger partial charge is 0.326 e.